The third-order valence-electron chi connectivity index (χ3n) is 8.26. The average molecular weight is 492 g/mol. The van der Waals surface area contributed by atoms with Gasteiger partial charge >= 0.3 is 0 Å². The first-order valence-electron chi connectivity index (χ1n) is 13.8. The number of thioether (sulfide) groups is 1. The van der Waals surface area contributed by atoms with Crippen molar-refractivity contribution in [3.63, 3.8) is 0 Å². The molecule has 0 bridgehead atoms. The smallest absolute Gasteiger partial charge is 0.266 e. The summed E-state index contributed by atoms with van der Waals surface area (Å²) in [4.78, 5) is 24.3. The van der Waals surface area contributed by atoms with E-state index in [-0.39, 0.29) is 11.4 Å². The number of amides is 1. The molecule has 1 aromatic carbocycles. The van der Waals surface area contributed by atoms with Gasteiger partial charge in [0.05, 0.1) is 16.5 Å². The van der Waals surface area contributed by atoms with Gasteiger partial charge in [-0.2, -0.15) is 0 Å². The number of rotatable bonds is 4. The minimum absolute atomic E-state index is 0.00800. The third-order valence-corrected chi connectivity index (χ3v) is 9.26. The molecule has 2 aliphatic heterocycles. The molecular weight excluding hydrogens is 450 g/mol. The van der Waals surface area contributed by atoms with Gasteiger partial charge in [-0.05, 0) is 94.5 Å². The summed E-state index contributed by atoms with van der Waals surface area (Å²) < 4.78 is 0. The summed E-state index contributed by atoms with van der Waals surface area (Å²) in [6.45, 7) is 9.95. The Morgan fingerprint density at radius 2 is 1.74 bits per heavy atom. The zero-order valence-corrected chi connectivity index (χ0v) is 22.8. The van der Waals surface area contributed by atoms with Gasteiger partial charge in [0.2, 0.25) is 0 Å². The minimum atomic E-state index is 0.00800. The first-order chi connectivity index (χ1) is 16.9. The predicted octanol–water partition coefficient (Wildman–Crippen LogP) is 7.65. The van der Waals surface area contributed by atoms with Crippen molar-refractivity contribution in [2.24, 2.45) is 4.99 Å². The molecule has 5 heteroatoms. The Kier molecular flexibility index (Phi) is 7.16. The van der Waals surface area contributed by atoms with Crippen LogP contribution in [0.2, 0.25) is 0 Å². The Balaban J connectivity index is 1.47. The summed E-state index contributed by atoms with van der Waals surface area (Å²) in [5.41, 5.74) is 4.98. The van der Waals surface area contributed by atoms with Crippen LogP contribution < -0.4 is 4.90 Å². The van der Waals surface area contributed by atoms with Crippen LogP contribution in [-0.2, 0) is 4.79 Å². The van der Waals surface area contributed by atoms with Crippen molar-refractivity contribution < 1.29 is 4.79 Å². The van der Waals surface area contributed by atoms with E-state index in [1.165, 1.54) is 55.3 Å². The van der Waals surface area contributed by atoms with Crippen molar-refractivity contribution >= 4 is 40.2 Å². The molecule has 0 atom stereocenters. The molecule has 1 aromatic rings. The van der Waals surface area contributed by atoms with Gasteiger partial charge in [0.1, 0.15) is 0 Å². The zero-order valence-electron chi connectivity index (χ0n) is 22.0. The summed E-state index contributed by atoms with van der Waals surface area (Å²) >= 11 is 1.61. The fourth-order valence-corrected chi connectivity index (χ4v) is 7.63. The maximum atomic E-state index is 13.7. The van der Waals surface area contributed by atoms with E-state index in [9.17, 15) is 4.79 Å². The number of hydrogen-bond donors (Lipinski definition) is 0. The second kappa shape index (κ2) is 10.2. The molecule has 0 N–H and O–H groups in total. The molecule has 35 heavy (non-hydrogen) atoms. The van der Waals surface area contributed by atoms with Crippen LogP contribution in [-0.4, -0.2) is 40.1 Å². The SMILES string of the molecule is CCN1c2ccc(/C=C3/SC(=NC4CCCCC4)N(C4CCCCC4)C3=O)cc2C(C)=CC1(C)C. The molecule has 0 aromatic heterocycles. The molecule has 2 aliphatic carbocycles. The van der Waals surface area contributed by atoms with E-state index in [2.05, 4.69) is 67.8 Å². The van der Waals surface area contributed by atoms with Gasteiger partial charge < -0.3 is 4.90 Å². The first-order valence-corrected chi connectivity index (χ1v) is 14.6. The topological polar surface area (TPSA) is 35.9 Å². The van der Waals surface area contributed by atoms with Crippen molar-refractivity contribution in [3.05, 3.63) is 40.3 Å². The fraction of sp³-hybridized carbons (Fsp3) is 0.600. The largest absolute Gasteiger partial charge is 0.363 e. The predicted molar refractivity (Wildman–Crippen MR) is 151 cm³/mol. The third kappa shape index (κ3) is 4.98. The Morgan fingerprint density at radius 3 is 2.43 bits per heavy atom. The van der Waals surface area contributed by atoms with Crippen LogP contribution in [0.3, 0.4) is 0 Å². The lowest BCUT2D eigenvalue weighted by Crippen LogP contribution is -2.44. The number of fused-ring (bicyclic) bond motifs is 1. The van der Waals surface area contributed by atoms with Crippen molar-refractivity contribution in [3.8, 4) is 0 Å². The number of nitrogens with zero attached hydrogens (tertiary/aromatic N) is 3. The van der Waals surface area contributed by atoms with Crippen LogP contribution in [0.4, 0.5) is 5.69 Å². The molecule has 5 rings (SSSR count). The van der Waals surface area contributed by atoms with Crippen LogP contribution in [0.15, 0.2) is 34.2 Å². The average Bonchev–Trinajstić information content (AvgIpc) is 3.14. The van der Waals surface area contributed by atoms with E-state index in [1.54, 1.807) is 11.8 Å². The van der Waals surface area contributed by atoms with E-state index >= 15 is 0 Å². The number of amidine groups is 1. The molecule has 2 heterocycles. The van der Waals surface area contributed by atoms with Crippen LogP contribution in [0.1, 0.15) is 103 Å². The summed E-state index contributed by atoms with van der Waals surface area (Å²) in [7, 11) is 0. The molecule has 2 saturated carbocycles. The van der Waals surface area contributed by atoms with Gasteiger partial charge in [-0.3, -0.25) is 14.7 Å². The quantitative estimate of drug-likeness (QED) is 0.406. The molecule has 0 radical (unpaired) electrons. The number of carbonyl (C=O) groups excluding carboxylic acids is 1. The van der Waals surface area contributed by atoms with Gasteiger partial charge in [0, 0.05) is 23.8 Å². The van der Waals surface area contributed by atoms with E-state index in [1.807, 2.05) is 0 Å². The minimum Gasteiger partial charge on any atom is -0.363 e. The molecule has 4 aliphatic rings. The molecule has 188 valence electrons. The number of allylic oxidation sites excluding steroid dienone is 1. The lowest BCUT2D eigenvalue weighted by molar-refractivity contribution is -0.124. The second-order valence-electron chi connectivity index (χ2n) is 11.3. The van der Waals surface area contributed by atoms with E-state index in [0.717, 1.165) is 47.9 Å². The van der Waals surface area contributed by atoms with Gasteiger partial charge in [0.25, 0.3) is 5.91 Å². The molecule has 3 fully saturated rings. The maximum Gasteiger partial charge on any atom is 0.266 e. The van der Waals surface area contributed by atoms with Gasteiger partial charge in [-0.1, -0.05) is 50.7 Å². The van der Waals surface area contributed by atoms with Crippen molar-refractivity contribution in [2.45, 2.75) is 110 Å². The van der Waals surface area contributed by atoms with Crippen LogP contribution in [0, 0.1) is 0 Å². The number of benzene rings is 1. The molecule has 1 amide bonds. The molecule has 0 unspecified atom stereocenters. The van der Waals surface area contributed by atoms with E-state index < -0.39 is 0 Å². The Morgan fingerprint density at radius 1 is 1.06 bits per heavy atom. The summed E-state index contributed by atoms with van der Waals surface area (Å²) in [5.74, 6) is 0.165. The van der Waals surface area contributed by atoms with Crippen molar-refractivity contribution in [2.75, 3.05) is 11.4 Å². The summed E-state index contributed by atoms with van der Waals surface area (Å²) in [6, 6.07) is 7.37. The summed E-state index contributed by atoms with van der Waals surface area (Å²) in [6.07, 6.45) is 16.6. The second-order valence-corrected chi connectivity index (χ2v) is 12.3. The van der Waals surface area contributed by atoms with Crippen LogP contribution in [0.5, 0.6) is 0 Å². The van der Waals surface area contributed by atoms with Crippen LogP contribution in [0.25, 0.3) is 11.6 Å². The highest BCUT2D eigenvalue weighted by Gasteiger charge is 2.39. The molecule has 1 saturated heterocycles. The van der Waals surface area contributed by atoms with Crippen LogP contribution >= 0.6 is 11.8 Å². The number of anilines is 1. The molecule has 4 nitrogen and oxygen atoms in total. The fourth-order valence-electron chi connectivity index (χ4n) is 6.52. The number of hydrogen-bond acceptors (Lipinski definition) is 4. The monoisotopic (exact) mass is 491 g/mol. The normalized spacial score (nSPS) is 25.9. The Bertz CT molecular complexity index is 1060. The molecule has 0 spiro atoms. The lowest BCUT2D eigenvalue weighted by atomic mass is 9.88. The summed E-state index contributed by atoms with van der Waals surface area (Å²) in [5, 5.41) is 0.966. The number of aliphatic imine (C=N–C) groups is 1. The Hall–Kier alpha value is -2.01. The standard InChI is InChI=1S/C30H41N3OS/c1-5-32-26-17-16-22(18-25(26)21(2)20-30(32,3)4)19-27-28(34)33(24-14-10-7-11-15-24)29(35-27)31-23-12-8-6-9-13-23/h16-20,23-24H,5-15H2,1-4H3/b27-19+,31-29?. The number of likely N-dealkylation sites (N-methyl/N-ethyl adjacent to an activating group) is 1. The van der Waals surface area contributed by atoms with Gasteiger partial charge in [-0.25, -0.2) is 0 Å². The van der Waals surface area contributed by atoms with E-state index in [4.69, 9.17) is 4.99 Å². The van der Waals surface area contributed by atoms with Crippen molar-refractivity contribution in [1.82, 2.24) is 4.90 Å². The van der Waals surface area contributed by atoms with Gasteiger partial charge in [0.15, 0.2) is 5.17 Å². The highest BCUT2D eigenvalue weighted by molar-refractivity contribution is 8.18. The zero-order chi connectivity index (χ0) is 24.6. The lowest BCUT2D eigenvalue weighted by Gasteiger charge is -2.42. The first kappa shape index (κ1) is 24.7. The van der Waals surface area contributed by atoms with Crippen molar-refractivity contribution in [1.29, 1.82) is 0 Å². The number of carbonyl (C=O) groups is 1. The van der Waals surface area contributed by atoms with E-state index in [0.29, 0.717) is 12.1 Å². The highest BCUT2D eigenvalue weighted by Crippen LogP contribution is 2.41. The molecular formula is C30H41N3OS. The Labute approximate surface area is 215 Å². The maximum absolute atomic E-state index is 13.7. The van der Waals surface area contributed by atoms with Gasteiger partial charge in [-0.15, -0.1) is 0 Å². The highest BCUT2D eigenvalue weighted by atomic mass is 32.2.